The van der Waals surface area contributed by atoms with Gasteiger partial charge in [0.2, 0.25) is 0 Å². The van der Waals surface area contributed by atoms with E-state index < -0.39 is 0 Å². The van der Waals surface area contributed by atoms with Gasteiger partial charge in [-0.2, -0.15) is 0 Å². The molecule has 0 aliphatic rings. The first kappa shape index (κ1) is 19.6. The van der Waals surface area contributed by atoms with Crippen LogP contribution in [0.25, 0.3) is 22.4 Å². The van der Waals surface area contributed by atoms with Gasteiger partial charge in [-0.3, -0.25) is 0 Å². The molecule has 2 aromatic carbocycles. The number of aromatic amines is 1. The minimum Gasteiger partial charge on any atom is -0.492 e. The number of aromatic nitrogens is 2. The van der Waals surface area contributed by atoms with Crippen LogP contribution in [0.3, 0.4) is 0 Å². The zero-order chi connectivity index (χ0) is 19.1. The summed E-state index contributed by atoms with van der Waals surface area (Å²) in [6, 6.07) is 11.7. The number of nitrogens with one attached hydrogen (secondary N) is 2. The number of benzene rings is 2. The Morgan fingerprint density at radius 1 is 1.15 bits per heavy atom. The number of hydrogen-bond donors (Lipinski definition) is 3. The third-order valence-electron chi connectivity index (χ3n) is 3.86. The van der Waals surface area contributed by atoms with Crippen molar-refractivity contribution in [1.29, 1.82) is 0 Å². The molecule has 140 valence electrons. The number of anilines is 2. The van der Waals surface area contributed by atoms with Gasteiger partial charge in [-0.25, -0.2) is 4.98 Å². The fraction of sp³-hybridized carbons (Fsp3) is 0.350. The number of ether oxygens (including phenoxy) is 1. The van der Waals surface area contributed by atoms with E-state index in [1.165, 1.54) is 0 Å². The molecule has 0 aliphatic heterocycles. The third-order valence-corrected chi connectivity index (χ3v) is 3.86. The van der Waals surface area contributed by atoms with Crippen molar-refractivity contribution in [3.8, 4) is 17.1 Å². The first-order chi connectivity index (χ1) is 12.6. The summed E-state index contributed by atoms with van der Waals surface area (Å²) in [6.07, 6.45) is 0. The number of likely N-dealkylation sites (N-methyl/N-ethyl adjacent to an activating group) is 1. The lowest BCUT2D eigenvalue weighted by Gasteiger charge is -2.10. The molecule has 0 atom stereocenters. The molecule has 0 unspecified atom stereocenters. The quantitative estimate of drug-likeness (QED) is 0.586. The molecule has 26 heavy (non-hydrogen) atoms. The van der Waals surface area contributed by atoms with Crippen LogP contribution in [0, 0.1) is 0 Å². The summed E-state index contributed by atoms with van der Waals surface area (Å²) in [6.45, 7) is 5.54. The predicted octanol–water partition coefficient (Wildman–Crippen LogP) is 3.82. The molecule has 3 rings (SSSR count). The first-order valence-electron chi connectivity index (χ1n) is 8.92. The van der Waals surface area contributed by atoms with Crippen LogP contribution in [0.2, 0.25) is 0 Å². The maximum atomic E-state index is 5.93. The van der Waals surface area contributed by atoms with Crippen LogP contribution in [0.5, 0.6) is 5.75 Å². The van der Waals surface area contributed by atoms with E-state index >= 15 is 0 Å². The third kappa shape index (κ3) is 4.67. The highest BCUT2D eigenvalue weighted by Gasteiger charge is 2.08. The monoisotopic (exact) mass is 355 g/mol. The van der Waals surface area contributed by atoms with Gasteiger partial charge in [0.05, 0.1) is 22.4 Å². The average molecular weight is 355 g/mol. The summed E-state index contributed by atoms with van der Waals surface area (Å²) in [5.74, 6) is 1.65. The number of rotatable bonds is 6. The Bertz CT molecular complexity index is 841. The number of hydrogen-bond acceptors (Lipinski definition) is 5. The highest BCUT2D eigenvalue weighted by atomic mass is 16.5. The van der Waals surface area contributed by atoms with Gasteiger partial charge in [0.15, 0.2) is 0 Å². The molecule has 0 saturated carbocycles. The molecule has 6 heteroatoms. The van der Waals surface area contributed by atoms with Crippen LogP contribution in [-0.2, 0) is 0 Å². The second-order valence-electron chi connectivity index (χ2n) is 5.97. The standard InChI is InChI=1S/C18H23N5O.C2H6/c1-20-16-10-12(4-6-14(16)19)18-21-15-7-5-13(11-17(15)22-18)24-9-8-23(2)3;1-2/h4-7,10-11,20H,8-9,19H2,1-3H3,(H,21,22);1-2H3. The highest BCUT2D eigenvalue weighted by Crippen LogP contribution is 2.28. The van der Waals surface area contributed by atoms with E-state index in [4.69, 9.17) is 10.5 Å². The van der Waals surface area contributed by atoms with E-state index in [0.717, 1.165) is 40.4 Å². The number of H-pyrrole nitrogens is 1. The van der Waals surface area contributed by atoms with E-state index in [-0.39, 0.29) is 0 Å². The van der Waals surface area contributed by atoms with Gasteiger partial charge in [-0.15, -0.1) is 0 Å². The molecule has 3 aromatic rings. The topological polar surface area (TPSA) is 79.2 Å². The maximum absolute atomic E-state index is 5.93. The zero-order valence-electron chi connectivity index (χ0n) is 16.3. The second-order valence-corrected chi connectivity index (χ2v) is 5.97. The van der Waals surface area contributed by atoms with Crippen LogP contribution in [0.4, 0.5) is 11.4 Å². The SMILES string of the molecule is CC.CNc1cc(-c2nc3ccc(OCCN(C)C)cc3[nH]2)ccc1N. The van der Waals surface area contributed by atoms with Crippen molar-refractivity contribution in [2.45, 2.75) is 13.8 Å². The first-order valence-corrected chi connectivity index (χ1v) is 8.92. The van der Waals surface area contributed by atoms with E-state index in [9.17, 15) is 0 Å². The van der Waals surface area contributed by atoms with E-state index in [0.29, 0.717) is 12.3 Å². The van der Waals surface area contributed by atoms with Crippen molar-refractivity contribution in [1.82, 2.24) is 14.9 Å². The van der Waals surface area contributed by atoms with E-state index in [1.807, 2.05) is 71.4 Å². The van der Waals surface area contributed by atoms with Crippen LogP contribution >= 0.6 is 0 Å². The van der Waals surface area contributed by atoms with Gasteiger partial charge >= 0.3 is 0 Å². The molecule has 0 radical (unpaired) electrons. The summed E-state index contributed by atoms with van der Waals surface area (Å²) in [7, 11) is 5.91. The molecule has 4 N–H and O–H groups in total. The summed E-state index contributed by atoms with van der Waals surface area (Å²) in [5.41, 5.74) is 10.4. The molecular weight excluding hydrogens is 326 g/mol. The molecule has 6 nitrogen and oxygen atoms in total. The van der Waals surface area contributed by atoms with Gasteiger partial charge in [0, 0.05) is 25.2 Å². The van der Waals surface area contributed by atoms with Gasteiger partial charge in [-0.1, -0.05) is 13.8 Å². The van der Waals surface area contributed by atoms with Crippen molar-refractivity contribution in [3.05, 3.63) is 36.4 Å². The van der Waals surface area contributed by atoms with Gasteiger partial charge in [-0.05, 0) is 44.4 Å². The summed E-state index contributed by atoms with van der Waals surface area (Å²) in [4.78, 5) is 10.1. The van der Waals surface area contributed by atoms with Crippen molar-refractivity contribution < 1.29 is 4.74 Å². The Labute approximate surface area is 155 Å². The average Bonchev–Trinajstić information content (AvgIpc) is 3.07. The Hall–Kier alpha value is -2.73. The van der Waals surface area contributed by atoms with E-state index in [1.54, 1.807) is 0 Å². The minimum atomic E-state index is 0.656. The largest absolute Gasteiger partial charge is 0.492 e. The fourth-order valence-electron chi connectivity index (χ4n) is 2.48. The van der Waals surface area contributed by atoms with Crippen molar-refractivity contribution >= 4 is 22.4 Å². The van der Waals surface area contributed by atoms with Crippen LogP contribution in [0.15, 0.2) is 36.4 Å². The van der Waals surface area contributed by atoms with Gasteiger partial charge in [0.25, 0.3) is 0 Å². The van der Waals surface area contributed by atoms with Gasteiger partial charge < -0.3 is 25.7 Å². The lowest BCUT2D eigenvalue weighted by Crippen LogP contribution is -2.19. The number of nitrogens with two attached hydrogens (primary N) is 1. The maximum Gasteiger partial charge on any atom is 0.138 e. The van der Waals surface area contributed by atoms with Crippen molar-refractivity contribution in [3.63, 3.8) is 0 Å². The predicted molar refractivity (Wildman–Crippen MR) is 111 cm³/mol. The Balaban J connectivity index is 0.00000117. The molecule has 0 bridgehead atoms. The Kier molecular flexibility index (Phi) is 6.86. The molecule has 0 saturated heterocycles. The van der Waals surface area contributed by atoms with Gasteiger partial charge in [0.1, 0.15) is 18.2 Å². The lowest BCUT2D eigenvalue weighted by molar-refractivity contribution is 0.261. The normalized spacial score (nSPS) is 10.5. The number of nitrogens with zero attached hydrogens (tertiary/aromatic N) is 2. The number of imidazole rings is 1. The molecule has 0 amide bonds. The van der Waals surface area contributed by atoms with E-state index in [2.05, 4.69) is 20.2 Å². The summed E-state index contributed by atoms with van der Waals surface area (Å²) >= 11 is 0. The minimum absolute atomic E-state index is 0.656. The molecule has 0 spiro atoms. The molecular formula is C20H29N5O. The summed E-state index contributed by atoms with van der Waals surface area (Å²) < 4.78 is 5.78. The second kappa shape index (κ2) is 9.10. The van der Waals surface area contributed by atoms with Crippen LogP contribution in [-0.4, -0.2) is 49.2 Å². The molecule has 0 aliphatic carbocycles. The number of nitrogen functional groups attached to an aromatic ring is 1. The molecule has 0 fully saturated rings. The fourth-order valence-corrected chi connectivity index (χ4v) is 2.48. The highest BCUT2D eigenvalue weighted by molar-refractivity contribution is 5.82. The Morgan fingerprint density at radius 2 is 1.92 bits per heavy atom. The lowest BCUT2D eigenvalue weighted by atomic mass is 10.1. The van der Waals surface area contributed by atoms with Crippen LogP contribution < -0.4 is 15.8 Å². The van der Waals surface area contributed by atoms with Crippen molar-refractivity contribution in [2.75, 3.05) is 45.3 Å². The smallest absolute Gasteiger partial charge is 0.138 e. The van der Waals surface area contributed by atoms with Crippen LogP contribution in [0.1, 0.15) is 13.8 Å². The van der Waals surface area contributed by atoms with Crippen molar-refractivity contribution in [2.24, 2.45) is 0 Å². The number of fused-ring (bicyclic) bond motifs is 1. The molecule has 1 aromatic heterocycles. The summed E-state index contributed by atoms with van der Waals surface area (Å²) in [5, 5.41) is 3.09. The Morgan fingerprint density at radius 3 is 2.62 bits per heavy atom. The zero-order valence-corrected chi connectivity index (χ0v) is 16.3. The molecule has 1 heterocycles.